The molecule has 308 valence electrons. The van der Waals surface area contributed by atoms with Crippen molar-refractivity contribution in [2.45, 2.75) is 82.4 Å². The first-order chi connectivity index (χ1) is 27.5. The minimum atomic E-state index is -2.38. The summed E-state index contributed by atoms with van der Waals surface area (Å²) in [5.74, 6) is -6.58. The number of phenols is 2. The third-order valence-electron chi connectivity index (χ3n) is 10.6. The number of ketones is 3. The van der Waals surface area contributed by atoms with E-state index in [1.807, 2.05) is 0 Å². The van der Waals surface area contributed by atoms with Crippen LogP contribution in [0.5, 0.6) is 17.2 Å². The van der Waals surface area contributed by atoms with E-state index in [1.165, 1.54) is 39.2 Å². The molecule has 3 aromatic rings. The van der Waals surface area contributed by atoms with Crippen LogP contribution in [0, 0.1) is 5.92 Å². The lowest BCUT2D eigenvalue weighted by Crippen LogP contribution is -2.56. The summed E-state index contributed by atoms with van der Waals surface area (Å²) in [6.07, 6.45) is -7.89. The molecule has 1 fully saturated rings. The zero-order chi connectivity index (χ0) is 42.2. The molecule has 2 amide bonds. The Morgan fingerprint density at radius 2 is 1.69 bits per heavy atom. The zero-order valence-corrected chi connectivity index (χ0v) is 31.5. The number of Topliss-reactive ketones (excluding diaryl/α,β-unsaturated/α-hetero) is 1. The number of aliphatic hydroxyl groups is 3. The molecule has 0 bridgehead atoms. The maximum atomic E-state index is 13.9. The normalized spacial score (nSPS) is 24.1. The standard InChI is InChI=1S/C40H42N2O16/c1-17(11-27(45)46)38(52)41-20-9-7-19(8-10-20)16-56-39(53)42-23-12-28(57-18(2)33(23)47)58-25-14-40(54,26(44)15-43)13-22-30(25)37(51)32-31(35(22)49)34(48)21-5-4-6-24(55-3)29(21)36(32)50/h4-10,17-18,23,25,28,33,43,47,49,51,54H,11-16H2,1-3H3,(H,41,52)(H,42,53)(H,45,46)/t17-,18-,23-,25-,28-,33+,40-/m0/s1. The highest BCUT2D eigenvalue weighted by atomic mass is 16.7. The predicted molar refractivity (Wildman–Crippen MR) is 197 cm³/mol. The molecule has 7 atom stereocenters. The number of rotatable bonds is 12. The van der Waals surface area contributed by atoms with Crippen LogP contribution in [0.4, 0.5) is 10.5 Å². The summed E-state index contributed by atoms with van der Waals surface area (Å²) in [6, 6.07) is 9.45. The van der Waals surface area contributed by atoms with Crippen LogP contribution in [-0.2, 0) is 41.6 Å². The zero-order valence-electron chi connectivity index (χ0n) is 31.5. The third kappa shape index (κ3) is 7.96. The number of aromatic hydroxyl groups is 2. The Morgan fingerprint density at radius 3 is 2.34 bits per heavy atom. The van der Waals surface area contributed by atoms with Gasteiger partial charge in [-0.15, -0.1) is 0 Å². The van der Waals surface area contributed by atoms with E-state index in [-0.39, 0.29) is 47.5 Å². The number of fused-ring (bicyclic) bond motifs is 3. The molecule has 0 spiro atoms. The molecule has 18 nitrogen and oxygen atoms in total. The van der Waals surface area contributed by atoms with E-state index >= 15 is 0 Å². The number of aliphatic carboxylic acids is 1. The van der Waals surface area contributed by atoms with Gasteiger partial charge in [0.2, 0.25) is 11.7 Å². The molecule has 58 heavy (non-hydrogen) atoms. The molecule has 2 aliphatic carbocycles. The van der Waals surface area contributed by atoms with Crippen molar-refractivity contribution in [2.24, 2.45) is 5.92 Å². The molecule has 0 saturated carbocycles. The molecule has 3 aliphatic rings. The number of nitrogens with one attached hydrogen (secondary N) is 2. The van der Waals surface area contributed by atoms with Gasteiger partial charge < -0.3 is 60.2 Å². The van der Waals surface area contributed by atoms with Gasteiger partial charge in [-0.05, 0) is 30.7 Å². The van der Waals surface area contributed by atoms with Crippen molar-refractivity contribution in [3.05, 3.63) is 81.4 Å². The SMILES string of the molecule is COc1cccc2c1C(=O)c1c(O)c3c(c(O)c1C2=O)C[C@@](O)(C(=O)CO)C[C@@H]3O[C@H]1C[C@H](NC(=O)OCc2ccc(NC(=O)[C@@H](C)CC(=O)O)cc2)[C@H](O)[C@H](C)O1. The highest BCUT2D eigenvalue weighted by Gasteiger charge is 2.50. The van der Waals surface area contributed by atoms with Crippen LogP contribution in [0.15, 0.2) is 42.5 Å². The predicted octanol–water partition coefficient (Wildman–Crippen LogP) is 2.02. The quantitative estimate of drug-likeness (QED) is 0.0951. The third-order valence-corrected chi connectivity index (χ3v) is 10.6. The van der Waals surface area contributed by atoms with Crippen molar-refractivity contribution in [2.75, 3.05) is 19.0 Å². The molecule has 1 saturated heterocycles. The highest BCUT2D eigenvalue weighted by Crippen LogP contribution is 2.52. The molecule has 18 heteroatoms. The Bertz CT molecular complexity index is 2170. The molecule has 0 unspecified atom stereocenters. The van der Waals surface area contributed by atoms with E-state index in [2.05, 4.69) is 10.6 Å². The van der Waals surface area contributed by atoms with Crippen LogP contribution < -0.4 is 15.4 Å². The Labute approximate surface area is 330 Å². The Balaban J connectivity index is 1.20. The van der Waals surface area contributed by atoms with E-state index in [4.69, 9.17) is 24.1 Å². The molecular weight excluding hydrogens is 764 g/mol. The lowest BCUT2D eigenvalue weighted by Gasteiger charge is -2.42. The van der Waals surface area contributed by atoms with Gasteiger partial charge in [-0.2, -0.15) is 0 Å². The number of carboxylic acids is 1. The van der Waals surface area contributed by atoms with Gasteiger partial charge in [0.15, 0.2) is 17.9 Å². The summed E-state index contributed by atoms with van der Waals surface area (Å²) in [7, 11) is 1.29. The maximum absolute atomic E-state index is 13.9. The van der Waals surface area contributed by atoms with Crippen LogP contribution in [-0.4, -0.2) is 110 Å². The largest absolute Gasteiger partial charge is 0.507 e. The van der Waals surface area contributed by atoms with E-state index < -0.39 is 120 Å². The minimum Gasteiger partial charge on any atom is -0.507 e. The van der Waals surface area contributed by atoms with Crippen LogP contribution in [0.2, 0.25) is 0 Å². The molecule has 1 aliphatic heterocycles. The van der Waals surface area contributed by atoms with E-state index in [0.717, 1.165) is 0 Å². The van der Waals surface area contributed by atoms with Crippen LogP contribution in [0.3, 0.4) is 0 Å². The number of aliphatic hydroxyl groups excluding tert-OH is 2. The fourth-order valence-corrected chi connectivity index (χ4v) is 7.51. The van der Waals surface area contributed by atoms with Crippen molar-refractivity contribution < 1.29 is 78.4 Å². The Morgan fingerprint density at radius 1 is 1.00 bits per heavy atom. The second-order valence-corrected chi connectivity index (χ2v) is 14.5. The van der Waals surface area contributed by atoms with Crippen LogP contribution in [0.25, 0.3) is 0 Å². The number of alkyl carbamates (subject to hydrolysis) is 1. The summed E-state index contributed by atoms with van der Waals surface area (Å²) in [6.45, 7) is 1.65. The molecule has 6 rings (SSSR count). The van der Waals surface area contributed by atoms with Gasteiger partial charge in [0, 0.05) is 47.6 Å². The number of carbonyl (C=O) groups excluding carboxylic acids is 5. The fraction of sp³-hybridized carbons (Fsp3) is 0.400. The lowest BCUT2D eigenvalue weighted by molar-refractivity contribution is -0.249. The average molecular weight is 807 g/mol. The lowest BCUT2D eigenvalue weighted by atomic mass is 9.72. The number of methoxy groups -OCH3 is 1. The smallest absolute Gasteiger partial charge is 0.407 e. The topological polar surface area (TPSA) is 285 Å². The van der Waals surface area contributed by atoms with Crippen molar-refractivity contribution in [3.63, 3.8) is 0 Å². The highest BCUT2D eigenvalue weighted by molar-refractivity contribution is 6.31. The first-order valence-corrected chi connectivity index (χ1v) is 18.2. The molecule has 0 radical (unpaired) electrons. The van der Waals surface area contributed by atoms with Gasteiger partial charge in [-0.25, -0.2) is 4.79 Å². The summed E-state index contributed by atoms with van der Waals surface area (Å²) in [4.78, 5) is 76.6. The number of carboxylic acid groups (broad SMARTS) is 1. The fourth-order valence-electron chi connectivity index (χ4n) is 7.51. The minimum absolute atomic E-state index is 0.0401. The summed E-state index contributed by atoms with van der Waals surface area (Å²) in [5.41, 5.74) is -3.32. The first kappa shape index (κ1) is 41.7. The number of hydrogen-bond donors (Lipinski definition) is 8. The molecule has 1 heterocycles. The van der Waals surface area contributed by atoms with E-state index in [1.54, 1.807) is 24.3 Å². The van der Waals surface area contributed by atoms with Gasteiger partial charge in [-0.1, -0.05) is 31.2 Å². The first-order valence-electron chi connectivity index (χ1n) is 18.2. The summed E-state index contributed by atoms with van der Waals surface area (Å²) < 4.78 is 22.7. The van der Waals surface area contributed by atoms with E-state index in [9.17, 15) is 54.3 Å². The van der Waals surface area contributed by atoms with Crippen molar-refractivity contribution in [3.8, 4) is 17.2 Å². The second-order valence-electron chi connectivity index (χ2n) is 14.5. The number of carbonyl (C=O) groups is 6. The molecule has 8 N–H and O–H groups in total. The maximum Gasteiger partial charge on any atom is 0.407 e. The van der Waals surface area contributed by atoms with Crippen molar-refractivity contribution in [1.82, 2.24) is 5.32 Å². The van der Waals surface area contributed by atoms with Crippen molar-refractivity contribution >= 4 is 41.0 Å². The Hall–Kier alpha value is -5.92. The number of phenolic OH excluding ortho intramolecular Hbond substituents is 2. The second kappa shape index (κ2) is 16.5. The summed E-state index contributed by atoms with van der Waals surface area (Å²) >= 11 is 0. The van der Waals surface area contributed by atoms with Crippen LogP contribution in [0.1, 0.15) is 87.7 Å². The number of anilines is 1. The number of amides is 2. The van der Waals surface area contributed by atoms with E-state index in [0.29, 0.717) is 11.3 Å². The monoisotopic (exact) mass is 806 g/mol. The summed E-state index contributed by atoms with van der Waals surface area (Å²) in [5, 5.41) is 69.6. The van der Waals surface area contributed by atoms with Crippen LogP contribution >= 0.6 is 0 Å². The average Bonchev–Trinajstić information content (AvgIpc) is 3.18. The van der Waals surface area contributed by atoms with Gasteiger partial charge in [0.1, 0.15) is 42.2 Å². The molecular formula is C40H42N2O16. The van der Waals surface area contributed by atoms with Gasteiger partial charge in [0.05, 0.1) is 48.5 Å². The molecule has 3 aromatic carbocycles. The van der Waals surface area contributed by atoms with Gasteiger partial charge in [-0.3, -0.25) is 24.0 Å². The number of benzene rings is 3. The molecule has 0 aromatic heterocycles. The van der Waals surface area contributed by atoms with Gasteiger partial charge in [0.25, 0.3) is 0 Å². The Kier molecular flexibility index (Phi) is 11.9. The number of hydrogen-bond acceptors (Lipinski definition) is 15. The van der Waals surface area contributed by atoms with Gasteiger partial charge >= 0.3 is 12.1 Å². The number of ether oxygens (including phenoxy) is 4. The van der Waals surface area contributed by atoms with Crippen molar-refractivity contribution in [1.29, 1.82) is 0 Å².